The van der Waals surface area contributed by atoms with Crippen LogP contribution in [0.25, 0.3) is 11.0 Å². The molecule has 0 spiro atoms. The van der Waals surface area contributed by atoms with E-state index in [0.29, 0.717) is 10.9 Å². The fraction of sp³-hybridized carbons (Fsp3) is 0.214. The SMILES string of the molecule is CC(=O)OCc1c(OC(C)=O)ccc2ccc(=O)oc12. The minimum atomic E-state index is -0.540. The zero-order valence-electron chi connectivity index (χ0n) is 11.0. The highest BCUT2D eigenvalue weighted by molar-refractivity contribution is 5.83. The molecule has 0 bridgehead atoms. The molecule has 0 fully saturated rings. The zero-order chi connectivity index (χ0) is 14.7. The van der Waals surface area contributed by atoms with Gasteiger partial charge in [0.2, 0.25) is 0 Å². The molecule has 0 N–H and O–H groups in total. The number of fused-ring (bicyclic) bond motifs is 1. The van der Waals surface area contributed by atoms with Crippen LogP contribution in [0.5, 0.6) is 5.75 Å². The lowest BCUT2D eigenvalue weighted by molar-refractivity contribution is -0.142. The van der Waals surface area contributed by atoms with Gasteiger partial charge in [-0.2, -0.15) is 0 Å². The molecule has 6 nitrogen and oxygen atoms in total. The van der Waals surface area contributed by atoms with Crippen molar-refractivity contribution in [2.24, 2.45) is 0 Å². The Bertz CT molecular complexity index is 728. The minimum absolute atomic E-state index is 0.151. The van der Waals surface area contributed by atoms with Gasteiger partial charge < -0.3 is 13.9 Å². The highest BCUT2D eigenvalue weighted by atomic mass is 16.5. The average Bonchev–Trinajstić information content (AvgIpc) is 2.36. The van der Waals surface area contributed by atoms with Crippen LogP contribution in [-0.2, 0) is 20.9 Å². The third kappa shape index (κ3) is 3.03. The summed E-state index contributed by atoms with van der Waals surface area (Å²) < 4.78 is 15.0. The van der Waals surface area contributed by atoms with Gasteiger partial charge in [-0.05, 0) is 18.2 Å². The molecule has 0 aliphatic rings. The number of hydrogen-bond acceptors (Lipinski definition) is 6. The third-order valence-corrected chi connectivity index (χ3v) is 2.52. The number of hydrogen-bond donors (Lipinski definition) is 0. The van der Waals surface area contributed by atoms with Gasteiger partial charge in [-0.3, -0.25) is 9.59 Å². The van der Waals surface area contributed by atoms with Gasteiger partial charge in [0, 0.05) is 25.3 Å². The second kappa shape index (κ2) is 5.56. The molecule has 1 aromatic carbocycles. The summed E-state index contributed by atoms with van der Waals surface area (Å²) in [4.78, 5) is 33.3. The fourth-order valence-electron chi connectivity index (χ4n) is 1.73. The number of benzene rings is 1. The smallest absolute Gasteiger partial charge is 0.336 e. The Hall–Kier alpha value is -2.63. The summed E-state index contributed by atoms with van der Waals surface area (Å²) in [6.07, 6.45) is 0. The minimum Gasteiger partial charge on any atom is -0.461 e. The Morgan fingerprint density at radius 3 is 2.45 bits per heavy atom. The first-order valence-corrected chi connectivity index (χ1v) is 5.85. The van der Waals surface area contributed by atoms with Crippen molar-refractivity contribution in [1.29, 1.82) is 0 Å². The molecule has 20 heavy (non-hydrogen) atoms. The van der Waals surface area contributed by atoms with Crippen molar-refractivity contribution in [2.75, 3.05) is 0 Å². The van der Waals surface area contributed by atoms with Crippen LogP contribution in [0, 0.1) is 0 Å². The molecule has 0 aliphatic carbocycles. The lowest BCUT2D eigenvalue weighted by Gasteiger charge is -2.10. The molecule has 1 aromatic heterocycles. The van der Waals surface area contributed by atoms with Gasteiger partial charge in [0.05, 0.1) is 5.56 Å². The van der Waals surface area contributed by atoms with Gasteiger partial charge in [0.25, 0.3) is 0 Å². The van der Waals surface area contributed by atoms with E-state index < -0.39 is 17.6 Å². The van der Waals surface area contributed by atoms with Crippen molar-refractivity contribution in [3.8, 4) is 5.75 Å². The summed E-state index contributed by atoms with van der Waals surface area (Å²) in [5.74, 6) is -0.818. The molecule has 0 aliphatic heterocycles. The topological polar surface area (TPSA) is 82.8 Å². The van der Waals surface area contributed by atoms with Crippen molar-refractivity contribution < 1.29 is 23.5 Å². The molecule has 1 heterocycles. The Balaban J connectivity index is 2.59. The average molecular weight is 276 g/mol. The van der Waals surface area contributed by atoms with Crippen molar-refractivity contribution in [1.82, 2.24) is 0 Å². The van der Waals surface area contributed by atoms with Gasteiger partial charge >= 0.3 is 17.6 Å². The number of rotatable bonds is 3. The summed E-state index contributed by atoms with van der Waals surface area (Å²) in [6, 6.07) is 6.07. The second-order valence-corrected chi connectivity index (χ2v) is 4.09. The maximum absolute atomic E-state index is 11.3. The zero-order valence-corrected chi connectivity index (χ0v) is 11.0. The quantitative estimate of drug-likeness (QED) is 0.483. The number of ether oxygens (including phenoxy) is 2. The predicted molar refractivity (Wildman–Crippen MR) is 69.3 cm³/mol. The highest BCUT2D eigenvalue weighted by Crippen LogP contribution is 2.28. The molecule has 0 unspecified atom stereocenters. The molecule has 0 radical (unpaired) electrons. The molecule has 2 aromatic rings. The van der Waals surface area contributed by atoms with Crippen molar-refractivity contribution in [2.45, 2.75) is 20.5 Å². The molecule has 0 amide bonds. The van der Waals surface area contributed by atoms with E-state index in [1.807, 2.05) is 0 Å². The van der Waals surface area contributed by atoms with Crippen LogP contribution in [0.15, 0.2) is 33.5 Å². The molecule has 2 rings (SSSR count). The van der Waals surface area contributed by atoms with Crippen LogP contribution in [-0.4, -0.2) is 11.9 Å². The van der Waals surface area contributed by atoms with Crippen LogP contribution in [0.1, 0.15) is 19.4 Å². The highest BCUT2D eigenvalue weighted by Gasteiger charge is 2.14. The van der Waals surface area contributed by atoms with Crippen LogP contribution in [0.3, 0.4) is 0 Å². The molecule has 6 heteroatoms. The van der Waals surface area contributed by atoms with Gasteiger partial charge in [-0.1, -0.05) is 0 Å². The Morgan fingerprint density at radius 2 is 1.80 bits per heavy atom. The Morgan fingerprint density at radius 1 is 1.10 bits per heavy atom. The second-order valence-electron chi connectivity index (χ2n) is 4.09. The molecule has 0 saturated heterocycles. The first-order valence-electron chi connectivity index (χ1n) is 5.85. The lowest BCUT2D eigenvalue weighted by atomic mass is 10.1. The predicted octanol–water partition coefficient (Wildman–Crippen LogP) is 1.78. The van der Waals surface area contributed by atoms with Crippen LogP contribution in [0.2, 0.25) is 0 Å². The summed E-state index contributed by atoms with van der Waals surface area (Å²) in [7, 11) is 0. The summed E-state index contributed by atoms with van der Waals surface area (Å²) >= 11 is 0. The van der Waals surface area contributed by atoms with Crippen LogP contribution < -0.4 is 10.4 Å². The fourth-order valence-corrected chi connectivity index (χ4v) is 1.73. The van der Waals surface area contributed by atoms with Gasteiger partial charge in [0.15, 0.2) is 0 Å². The van der Waals surface area contributed by atoms with E-state index in [1.165, 1.54) is 19.9 Å². The summed E-state index contributed by atoms with van der Waals surface area (Å²) in [6.45, 7) is 2.36. The van der Waals surface area contributed by atoms with E-state index in [0.717, 1.165) is 0 Å². The Labute approximate surface area is 113 Å². The van der Waals surface area contributed by atoms with E-state index in [-0.39, 0.29) is 17.9 Å². The molecular weight excluding hydrogens is 264 g/mol. The standard InChI is InChI=1S/C14H12O6/c1-8(15)18-7-11-12(19-9(2)16)5-3-10-4-6-13(17)20-14(10)11/h3-6H,7H2,1-2H3. The van der Waals surface area contributed by atoms with Crippen molar-refractivity contribution in [3.63, 3.8) is 0 Å². The largest absolute Gasteiger partial charge is 0.461 e. The van der Waals surface area contributed by atoms with E-state index in [9.17, 15) is 14.4 Å². The van der Waals surface area contributed by atoms with Crippen molar-refractivity contribution >= 4 is 22.9 Å². The first-order chi connectivity index (χ1) is 9.47. The normalized spacial score (nSPS) is 10.3. The Kier molecular flexibility index (Phi) is 3.84. The monoisotopic (exact) mass is 276 g/mol. The van der Waals surface area contributed by atoms with Gasteiger partial charge in [0.1, 0.15) is 17.9 Å². The van der Waals surface area contributed by atoms with E-state index in [2.05, 4.69) is 0 Å². The molecule has 0 atom stereocenters. The van der Waals surface area contributed by atoms with E-state index in [1.54, 1.807) is 18.2 Å². The van der Waals surface area contributed by atoms with Crippen LogP contribution >= 0.6 is 0 Å². The molecule has 0 saturated carbocycles. The summed E-state index contributed by atoms with van der Waals surface area (Å²) in [5, 5.41) is 0.641. The number of esters is 2. The molecule has 104 valence electrons. The number of carbonyl (C=O) groups is 2. The van der Waals surface area contributed by atoms with Gasteiger partial charge in [-0.25, -0.2) is 4.79 Å². The van der Waals surface area contributed by atoms with Crippen LogP contribution in [0.4, 0.5) is 0 Å². The van der Waals surface area contributed by atoms with E-state index in [4.69, 9.17) is 13.9 Å². The molecular formula is C14H12O6. The number of carbonyl (C=O) groups excluding carboxylic acids is 2. The van der Waals surface area contributed by atoms with Gasteiger partial charge in [-0.15, -0.1) is 0 Å². The maximum Gasteiger partial charge on any atom is 0.336 e. The first kappa shape index (κ1) is 13.8. The van der Waals surface area contributed by atoms with Crippen molar-refractivity contribution in [3.05, 3.63) is 40.2 Å². The maximum atomic E-state index is 11.3. The lowest BCUT2D eigenvalue weighted by Crippen LogP contribution is -2.08. The summed E-state index contributed by atoms with van der Waals surface area (Å²) in [5.41, 5.74) is 0.0321. The van der Waals surface area contributed by atoms with E-state index >= 15 is 0 Å². The third-order valence-electron chi connectivity index (χ3n) is 2.52.